The van der Waals surface area contributed by atoms with E-state index >= 15 is 0 Å². The summed E-state index contributed by atoms with van der Waals surface area (Å²) in [6.45, 7) is 7.96. The lowest BCUT2D eigenvalue weighted by Gasteiger charge is -2.46. The maximum atomic E-state index is 12.2. The van der Waals surface area contributed by atoms with Gasteiger partial charge in [-0.15, -0.1) is 0 Å². The van der Waals surface area contributed by atoms with Crippen LogP contribution in [-0.4, -0.2) is 73.9 Å². The smallest absolute Gasteiger partial charge is 0.302 e. The van der Waals surface area contributed by atoms with Crippen molar-refractivity contribution in [2.45, 2.75) is 186 Å². The third kappa shape index (κ3) is 17.0. The highest BCUT2D eigenvalue weighted by Gasteiger charge is 2.51. The molecule has 2 aliphatic rings. The lowest BCUT2D eigenvalue weighted by atomic mass is 9.97. The molecule has 3 aromatic rings. The summed E-state index contributed by atoms with van der Waals surface area (Å²) in [4.78, 5) is 15.4. The monoisotopic (exact) mass is 858 g/mol. The van der Waals surface area contributed by atoms with E-state index in [2.05, 4.69) is 16.9 Å². The molecule has 3 aromatic carbocycles. The van der Waals surface area contributed by atoms with E-state index in [1.807, 2.05) is 105 Å². The van der Waals surface area contributed by atoms with Gasteiger partial charge < -0.3 is 37.9 Å². The van der Waals surface area contributed by atoms with Crippen LogP contribution >= 0.6 is 0 Å². The number of rotatable bonds is 29. The molecule has 8 atom stereocenters. The predicted octanol–water partition coefficient (Wildman–Crippen LogP) is 11.3. The number of esters is 1. The molecule has 0 aliphatic carbocycles. The van der Waals surface area contributed by atoms with Gasteiger partial charge in [-0.3, -0.25) is 4.79 Å². The SMILES string of the molecule is CCCCCCCCCCCCCCC1OC(C)(C)O[C@H]1[C@H](CO[C@H]1OC(COC(C)=O)[C@H](OCc2ccccc2)[C@H](OCc2ccccc2)C1OCc1ccccc1)N=[N+]=[N-]. The summed E-state index contributed by atoms with van der Waals surface area (Å²) < 4.78 is 51.9. The molecule has 12 heteroatoms. The van der Waals surface area contributed by atoms with Crippen molar-refractivity contribution in [1.29, 1.82) is 0 Å². The van der Waals surface area contributed by atoms with Crippen molar-refractivity contribution in [2.75, 3.05) is 13.2 Å². The second kappa shape index (κ2) is 27.4. The molecule has 2 fully saturated rings. The van der Waals surface area contributed by atoms with Gasteiger partial charge in [0.05, 0.1) is 44.7 Å². The minimum atomic E-state index is -1.04. The first-order chi connectivity index (χ1) is 30.3. The number of hydrogen-bond donors (Lipinski definition) is 0. The Bertz CT molecular complexity index is 1710. The Morgan fingerprint density at radius 1 is 0.661 bits per heavy atom. The second-order valence-corrected chi connectivity index (χ2v) is 17.1. The van der Waals surface area contributed by atoms with Crippen molar-refractivity contribution in [3.8, 4) is 0 Å². The fourth-order valence-corrected chi connectivity index (χ4v) is 8.27. The maximum Gasteiger partial charge on any atom is 0.302 e. The van der Waals surface area contributed by atoms with E-state index < -0.39 is 54.6 Å². The van der Waals surface area contributed by atoms with E-state index in [0.717, 1.165) is 36.0 Å². The van der Waals surface area contributed by atoms with Gasteiger partial charge in [-0.2, -0.15) is 0 Å². The van der Waals surface area contributed by atoms with Gasteiger partial charge in [0.25, 0.3) is 0 Å². The summed E-state index contributed by atoms with van der Waals surface area (Å²) in [6, 6.07) is 28.8. The quantitative estimate of drug-likeness (QED) is 0.0219. The van der Waals surface area contributed by atoms with Gasteiger partial charge in [-0.1, -0.05) is 180 Å². The Morgan fingerprint density at radius 3 is 1.65 bits per heavy atom. The van der Waals surface area contributed by atoms with Crippen LogP contribution in [0.4, 0.5) is 0 Å². The number of ether oxygens (including phenoxy) is 8. The van der Waals surface area contributed by atoms with Gasteiger partial charge in [0.1, 0.15) is 31.0 Å². The molecule has 0 spiro atoms. The standard InChI is InChI=1S/C50H71N3O9/c1-5-6-7-8-9-10-11-12-13-14-15-25-32-43-45(62-50(3,4)61-43)42(52-53-51)36-59-49-48(58-35-41-30-23-18-24-31-41)47(57-34-40-28-21-17-22-29-40)46(44(60-49)37-55-38(2)54)56-33-39-26-19-16-20-27-39/h16-24,26-31,42-49H,5-15,25,32-37H2,1-4H3/t42-,43?,44?,45-,46-,47-,48?,49-/m0/s1. The summed E-state index contributed by atoms with van der Waals surface area (Å²) in [5.41, 5.74) is 12.7. The minimum Gasteiger partial charge on any atom is -0.463 e. The number of hydrogen-bond acceptors (Lipinski definition) is 10. The van der Waals surface area contributed by atoms with Crippen molar-refractivity contribution in [2.24, 2.45) is 5.11 Å². The van der Waals surface area contributed by atoms with Crippen molar-refractivity contribution in [1.82, 2.24) is 0 Å². The molecule has 0 radical (unpaired) electrons. The zero-order chi connectivity index (χ0) is 43.8. The molecule has 0 N–H and O–H groups in total. The molecule has 62 heavy (non-hydrogen) atoms. The Labute approximate surface area is 369 Å². The van der Waals surface area contributed by atoms with E-state index in [4.69, 9.17) is 37.9 Å². The zero-order valence-corrected chi connectivity index (χ0v) is 37.5. The van der Waals surface area contributed by atoms with Crippen LogP contribution in [0.2, 0.25) is 0 Å². The van der Waals surface area contributed by atoms with E-state index in [1.54, 1.807) is 0 Å². The largest absolute Gasteiger partial charge is 0.463 e. The average molecular weight is 858 g/mol. The average Bonchev–Trinajstić information content (AvgIpc) is 3.59. The zero-order valence-electron chi connectivity index (χ0n) is 37.5. The molecule has 2 saturated heterocycles. The van der Waals surface area contributed by atoms with Crippen LogP contribution in [0.5, 0.6) is 0 Å². The second-order valence-electron chi connectivity index (χ2n) is 17.1. The van der Waals surface area contributed by atoms with Crippen LogP contribution in [0.25, 0.3) is 10.4 Å². The number of carbonyl (C=O) groups is 1. The van der Waals surface area contributed by atoms with E-state index in [9.17, 15) is 10.3 Å². The number of nitrogens with zero attached hydrogens (tertiary/aromatic N) is 3. The van der Waals surface area contributed by atoms with Gasteiger partial charge in [0.15, 0.2) is 12.1 Å². The minimum absolute atomic E-state index is 0.0554. The Morgan fingerprint density at radius 2 is 1.15 bits per heavy atom. The number of azide groups is 1. The number of unbranched alkanes of at least 4 members (excludes halogenated alkanes) is 11. The van der Waals surface area contributed by atoms with Gasteiger partial charge in [0, 0.05) is 11.8 Å². The summed E-state index contributed by atoms with van der Waals surface area (Å²) in [6.07, 6.45) is 10.9. The molecule has 2 heterocycles. The maximum absolute atomic E-state index is 12.2. The summed E-state index contributed by atoms with van der Waals surface area (Å²) >= 11 is 0. The fraction of sp³-hybridized carbons (Fsp3) is 0.620. The summed E-state index contributed by atoms with van der Waals surface area (Å²) in [5.74, 6) is -1.33. The number of benzene rings is 3. The first-order valence-corrected chi connectivity index (χ1v) is 23.0. The van der Waals surface area contributed by atoms with Gasteiger partial charge in [0.2, 0.25) is 0 Å². The predicted molar refractivity (Wildman–Crippen MR) is 239 cm³/mol. The Kier molecular flexibility index (Phi) is 21.7. The Balaban J connectivity index is 1.31. The highest BCUT2D eigenvalue weighted by Crippen LogP contribution is 2.36. The fourth-order valence-electron chi connectivity index (χ4n) is 8.27. The molecule has 0 aromatic heterocycles. The highest BCUT2D eigenvalue weighted by molar-refractivity contribution is 5.65. The van der Waals surface area contributed by atoms with Crippen molar-refractivity contribution < 1.29 is 42.7 Å². The lowest BCUT2D eigenvalue weighted by Crippen LogP contribution is -2.62. The summed E-state index contributed by atoms with van der Waals surface area (Å²) in [7, 11) is 0. The molecule has 340 valence electrons. The highest BCUT2D eigenvalue weighted by atomic mass is 16.8. The van der Waals surface area contributed by atoms with Crippen molar-refractivity contribution in [3.05, 3.63) is 118 Å². The first-order valence-electron chi connectivity index (χ1n) is 23.0. The molecule has 12 nitrogen and oxygen atoms in total. The van der Waals surface area contributed by atoms with E-state index in [0.29, 0.717) is 0 Å². The van der Waals surface area contributed by atoms with Crippen molar-refractivity contribution in [3.63, 3.8) is 0 Å². The van der Waals surface area contributed by atoms with Crippen LogP contribution in [0.1, 0.15) is 128 Å². The van der Waals surface area contributed by atoms with Crippen molar-refractivity contribution >= 4 is 5.97 Å². The van der Waals surface area contributed by atoms with Crippen LogP contribution in [0.3, 0.4) is 0 Å². The molecule has 0 saturated carbocycles. The Hall–Kier alpha value is -3.84. The van der Waals surface area contributed by atoms with E-state index in [1.165, 1.54) is 71.1 Å². The van der Waals surface area contributed by atoms with Gasteiger partial charge in [-0.05, 0) is 42.5 Å². The van der Waals surface area contributed by atoms with Gasteiger partial charge in [-0.25, -0.2) is 0 Å². The van der Waals surface area contributed by atoms with Crippen LogP contribution in [-0.2, 0) is 62.5 Å². The number of carbonyl (C=O) groups excluding carboxylic acids is 1. The van der Waals surface area contributed by atoms with E-state index in [-0.39, 0.29) is 39.1 Å². The van der Waals surface area contributed by atoms with Crippen LogP contribution in [0, 0.1) is 0 Å². The molecule has 5 rings (SSSR count). The van der Waals surface area contributed by atoms with Crippen LogP contribution < -0.4 is 0 Å². The molecular weight excluding hydrogens is 787 g/mol. The summed E-state index contributed by atoms with van der Waals surface area (Å²) in [5, 5.41) is 4.21. The van der Waals surface area contributed by atoms with Crippen LogP contribution in [0.15, 0.2) is 96.1 Å². The third-order valence-corrected chi connectivity index (χ3v) is 11.5. The normalized spacial score (nSPS) is 23.7. The molecular formula is C50H71N3O9. The first kappa shape index (κ1) is 49.2. The lowest BCUT2D eigenvalue weighted by molar-refractivity contribution is -0.328. The molecule has 3 unspecified atom stereocenters. The molecule has 2 aliphatic heterocycles. The topological polar surface area (TPSA) is 140 Å². The third-order valence-electron chi connectivity index (χ3n) is 11.5. The van der Waals surface area contributed by atoms with Gasteiger partial charge >= 0.3 is 5.97 Å². The molecule has 0 bridgehead atoms. The molecule has 0 amide bonds.